The minimum atomic E-state index is -0.427. The molecule has 0 N–H and O–H groups in total. The Morgan fingerprint density at radius 3 is 2.57 bits per heavy atom. The molecule has 1 aliphatic heterocycles. The summed E-state index contributed by atoms with van der Waals surface area (Å²) in [7, 11) is 1.75. The van der Waals surface area contributed by atoms with Crippen LogP contribution in [0.3, 0.4) is 0 Å². The Bertz CT molecular complexity index is 259. The van der Waals surface area contributed by atoms with Crippen LogP contribution in [-0.2, 0) is 0 Å². The minimum absolute atomic E-state index is 0.0425. The maximum absolute atomic E-state index is 10.7. The first-order valence-electron chi connectivity index (χ1n) is 4.51. The van der Waals surface area contributed by atoms with Crippen molar-refractivity contribution in [1.82, 2.24) is 10.0 Å². The van der Waals surface area contributed by atoms with Crippen LogP contribution in [0.15, 0.2) is 5.10 Å². The van der Waals surface area contributed by atoms with Crippen molar-refractivity contribution in [3.63, 3.8) is 0 Å². The second-order valence-corrected chi connectivity index (χ2v) is 4.67. The smallest absolute Gasteiger partial charge is 0.183 e. The lowest BCUT2D eigenvalue weighted by atomic mass is 9.90. The highest BCUT2D eigenvalue weighted by Gasteiger charge is 2.36. The number of hydrogen-bond acceptors (Lipinski definition) is 4. The molecule has 6 heteroatoms. The molecule has 0 aromatic carbocycles. The molecule has 1 rings (SSSR count). The number of hydrazone groups is 1. The molecule has 0 bridgehead atoms. The summed E-state index contributed by atoms with van der Waals surface area (Å²) in [6.07, 6.45) is 1.69. The van der Waals surface area contributed by atoms with E-state index in [9.17, 15) is 10.1 Å². The average molecular weight is 200 g/mol. The van der Waals surface area contributed by atoms with Gasteiger partial charge in [-0.15, -0.1) is 0 Å². The summed E-state index contributed by atoms with van der Waals surface area (Å²) < 4.78 is 0. The second kappa shape index (κ2) is 3.43. The van der Waals surface area contributed by atoms with Crippen LogP contribution in [-0.4, -0.2) is 34.6 Å². The monoisotopic (exact) mass is 200 g/mol. The molecule has 1 aliphatic rings. The van der Waals surface area contributed by atoms with Crippen molar-refractivity contribution in [2.75, 3.05) is 7.05 Å². The van der Waals surface area contributed by atoms with Crippen molar-refractivity contribution in [2.45, 2.75) is 33.4 Å². The zero-order valence-corrected chi connectivity index (χ0v) is 8.97. The Labute approximate surface area is 83.3 Å². The quantitative estimate of drug-likeness (QED) is 0.495. The maximum Gasteiger partial charge on any atom is 0.183 e. The molecule has 1 unspecified atom stereocenters. The zero-order chi connectivity index (χ0) is 10.9. The first-order valence-corrected chi connectivity index (χ1v) is 4.51. The van der Waals surface area contributed by atoms with Crippen LogP contribution in [0, 0.1) is 15.5 Å². The molecular weight excluding hydrogens is 184 g/mol. The fourth-order valence-electron chi connectivity index (χ4n) is 1.38. The molecule has 0 aliphatic carbocycles. The Morgan fingerprint density at radius 2 is 2.14 bits per heavy atom. The molecular formula is C8H16N4O2. The van der Waals surface area contributed by atoms with Gasteiger partial charge in [-0.3, -0.25) is 5.01 Å². The van der Waals surface area contributed by atoms with Crippen LogP contribution in [0.25, 0.3) is 0 Å². The number of hydrazine groups is 1. The zero-order valence-electron chi connectivity index (χ0n) is 8.97. The van der Waals surface area contributed by atoms with Crippen LogP contribution in [0.2, 0.25) is 0 Å². The van der Waals surface area contributed by atoms with Gasteiger partial charge < -0.3 is 0 Å². The van der Waals surface area contributed by atoms with Gasteiger partial charge in [-0.25, -0.2) is 10.1 Å². The molecule has 0 amide bonds. The van der Waals surface area contributed by atoms with Gasteiger partial charge in [-0.2, -0.15) is 5.10 Å². The molecule has 0 spiro atoms. The number of rotatable bonds is 2. The molecule has 0 aromatic heterocycles. The first kappa shape index (κ1) is 10.7. The van der Waals surface area contributed by atoms with E-state index >= 15 is 0 Å². The molecule has 80 valence electrons. The lowest BCUT2D eigenvalue weighted by molar-refractivity contribution is -0.638. The van der Waals surface area contributed by atoms with Crippen molar-refractivity contribution >= 4 is 6.34 Å². The van der Waals surface area contributed by atoms with Crippen molar-refractivity contribution < 1.29 is 5.03 Å². The molecule has 0 fully saturated rings. The van der Waals surface area contributed by atoms with E-state index in [4.69, 9.17) is 0 Å². The highest BCUT2D eigenvalue weighted by molar-refractivity contribution is 5.55. The van der Waals surface area contributed by atoms with Gasteiger partial charge in [0.05, 0.1) is 0 Å². The van der Waals surface area contributed by atoms with E-state index in [0.29, 0.717) is 6.42 Å². The van der Waals surface area contributed by atoms with Crippen molar-refractivity contribution in [3.05, 3.63) is 10.1 Å². The Hall–Kier alpha value is -1.33. The highest BCUT2D eigenvalue weighted by Crippen LogP contribution is 2.26. The van der Waals surface area contributed by atoms with Gasteiger partial charge in [0.2, 0.25) is 0 Å². The van der Waals surface area contributed by atoms with Crippen LogP contribution in [0.1, 0.15) is 27.2 Å². The van der Waals surface area contributed by atoms with Gasteiger partial charge in [0.1, 0.15) is 0 Å². The van der Waals surface area contributed by atoms with E-state index in [1.807, 2.05) is 0 Å². The second-order valence-electron chi connectivity index (χ2n) is 4.67. The van der Waals surface area contributed by atoms with Crippen LogP contribution in [0.5, 0.6) is 0 Å². The van der Waals surface area contributed by atoms with Gasteiger partial charge in [0.15, 0.2) is 17.5 Å². The fraction of sp³-hybridized carbons (Fsp3) is 0.875. The average Bonchev–Trinajstić information content (AvgIpc) is 2.29. The summed E-state index contributed by atoms with van der Waals surface area (Å²) in [5.41, 5.74) is 0.0425. The summed E-state index contributed by atoms with van der Waals surface area (Å²) in [5, 5.41) is 16.8. The van der Waals surface area contributed by atoms with E-state index in [-0.39, 0.29) is 11.6 Å². The van der Waals surface area contributed by atoms with Crippen LogP contribution >= 0.6 is 0 Å². The summed E-state index contributed by atoms with van der Waals surface area (Å²) in [6, 6.07) is 0. The van der Waals surface area contributed by atoms with Gasteiger partial charge >= 0.3 is 0 Å². The van der Waals surface area contributed by atoms with E-state index in [1.165, 1.54) is 6.34 Å². The Morgan fingerprint density at radius 1 is 1.57 bits per heavy atom. The Kier molecular flexibility index (Phi) is 2.64. The molecule has 0 radical (unpaired) electrons. The molecule has 0 aromatic rings. The van der Waals surface area contributed by atoms with Crippen LogP contribution in [0.4, 0.5) is 0 Å². The largest absolute Gasteiger partial charge is 0.270 e. The predicted molar refractivity (Wildman–Crippen MR) is 52.9 cm³/mol. The minimum Gasteiger partial charge on any atom is -0.270 e. The number of hydrogen-bond donors (Lipinski definition) is 0. The highest BCUT2D eigenvalue weighted by atomic mass is 16.7. The van der Waals surface area contributed by atoms with Gasteiger partial charge in [0, 0.05) is 7.05 Å². The van der Waals surface area contributed by atoms with Gasteiger partial charge in [-0.05, 0) is 11.8 Å². The van der Waals surface area contributed by atoms with E-state index in [0.717, 1.165) is 5.01 Å². The molecule has 0 saturated heterocycles. The molecule has 0 saturated carbocycles. The normalized spacial score (nSPS) is 21.9. The Balaban J connectivity index is 2.71. The number of nitrogens with zero attached hydrogens (tertiary/aromatic N) is 4. The van der Waals surface area contributed by atoms with Gasteiger partial charge in [-0.1, -0.05) is 25.8 Å². The third-order valence-electron chi connectivity index (χ3n) is 2.07. The van der Waals surface area contributed by atoms with Crippen molar-refractivity contribution in [3.8, 4) is 0 Å². The molecule has 14 heavy (non-hydrogen) atoms. The van der Waals surface area contributed by atoms with Crippen molar-refractivity contribution in [2.24, 2.45) is 10.5 Å². The summed E-state index contributed by atoms with van der Waals surface area (Å²) in [4.78, 5) is 10.7. The SMILES string of the molecule is CN1N=CN([N+](=O)[O-])C1CC(C)(C)C. The fourth-order valence-corrected chi connectivity index (χ4v) is 1.38. The van der Waals surface area contributed by atoms with E-state index in [1.54, 1.807) is 12.1 Å². The lowest BCUT2D eigenvalue weighted by Gasteiger charge is -2.27. The molecule has 1 atom stereocenters. The van der Waals surface area contributed by atoms with E-state index in [2.05, 4.69) is 25.9 Å². The third kappa shape index (κ3) is 2.34. The third-order valence-corrected chi connectivity index (χ3v) is 2.07. The van der Waals surface area contributed by atoms with Crippen molar-refractivity contribution in [1.29, 1.82) is 0 Å². The van der Waals surface area contributed by atoms with E-state index < -0.39 is 5.03 Å². The maximum atomic E-state index is 10.7. The number of nitro groups is 1. The topological polar surface area (TPSA) is 62.0 Å². The van der Waals surface area contributed by atoms with Crippen LogP contribution < -0.4 is 0 Å². The summed E-state index contributed by atoms with van der Waals surface area (Å²) in [6.45, 7) is 6.16. The van der Waals surface area contributed by atoms with Gasteiger partial charge in [0.25, 0.3) is 0 Å². The summed E-state index contributed by atoms with van der Waals surface area (Å²) >= 11 is 0. The lowest BCUT2D eigenvalue weighted by Crippen LogP contribution is -2.43. The molecule has 6 nitrogen and oxygen atoms in total. The summed E-state index contributed by atoms with van der Waals surface area (Å²) in [5.74, 6) is 0. The molecule has 1 heterocycles. The predicted octanol–water partition coefficient (Wildman–Crippen LogP) is 1.13. The first-order chi connectivity index (χ1) is 6.31. The standard InChI is InChI=1S/C8H16N4O2/c1-8(2,3)5-7-10(4)9-6-11(7)12(13)14/h6-7H,5H2,1-4H3.